The van der Waals surface area contributed by atoms with Gasteiger partial charge < -0.3 is 13.9 Å². The average molecular weight is 295 g/mol. The van der Waals surface area contributed by atoms with E-state index in [1.165, 1.54) is 0 Å². The molecule has 4 heteroatoms. The van der Waals surface area contributed by atoms with E-state index in [0.29, 0.717) is 18.1 Å². The number of aryl methyl sites for hydroxylation is 1. The van der Waals surface area contributed by atoms with Crippen molar-refractivity contribution in [2.24, 2.45) is 0 Å². The van der Waals surface area contributed by atoms with Gasteiger partial charge in [0.25, 0.3) is 0 Å². The number of nitrogens with zero attached hydrogens (tertiary/aromatic N) is 1. The van der Waals surface area contributed by atoms with Crippen molar-refractivity contribution in [1.29, 1.82) is 0 Å². The molecule has 0 amide bonds. The normalized spacial score (nSPS) is 11.4. The number of hydrogen-bond donors (Lipinski definition) is 1. The minimum Gasteiger partial charge on any atom is -0.461 e. The smallest absolute Gasteiger partial charge is 0.226 e. The highest BCUT2D eigenvalue weighted by atomic mass is 16.4. The van der Waals surface area contributed by atoms with Gasteiger partial charge in [-0.05, 0) is 37.3 Å². The molecular formula is C18H17NO3. The maximum absolute atomic E-state index is 8.77. The number of benzene rings is 1. The monoisotopic (exact) mass is 295 g/mol. The Morgan fingerprint density at radius 1 is 1.09 bits per heavy atom. The maximum Gasteiger partial charge on any atom is 0.226 e. The Morgan fingerprint density at radius 3 is 2.68 bits per heavy atom. The predicted octanol–water partition coefficient (Wildman–Crippen LogP) is 3.84. The summed E-state index contributed by atoms with van der Waals surface area (Å²) in [4.78, 5) is 4.56. The number of aliphatic hydroxyl groups is 1. The first-order valence-electron chi connectivity index (χ1n) is 7.14. The number of rotatable bonds is 5. The van der Waals surface area contributed by atoms with Crippen LogP contribution in [0, 0.1) is 6.92 Å². The van der Waals surface area contributed by atoms with E-state index in [9.17, 15) is 0 Å². The van der Waals surface area contributed by atoms with E-state index >= 15 is 0 Å². The number of aliphatic hydroxyl groups excluding tert-OH is 1. The molecule has 0 saturated heterocycles. The summed E-state index contributed by atoms with van der Waals surface area (Å²) in [6.45, 7) is 1.91. The van der Waals surface area contributed by atoms with E-state index < -0.39 is 0 Å². The Balaban J connectivity index is 1.80. The van der Waals surface area contributed by atoms with E-state index in [0.717, 1.165) is 22.8 Å². The molecular weight excluding hydrogens is 278 g/mol. The topological polar surface area (TPSA) is 59.4 Å². The number of aromatic nitrogens is 1. The van der Waals surface area contributed by atoms with Gasteiger partial charge >= 0.3 is 0 Å². The van der Waals surface area contributed by atoms with Crippen LogP contribution < -0.4 is 0 Å². The molecule has 0 aliphatic rings. The summed E-state index contributed by atoms with van der Waals surface area (Å²) in [6, 6.07) is 13.6. The molecule has 0 aliphatic heterocycles. The lowest BCUT2D eigenvalue weighted by molar-refractivity contribution is 0.343. The zero-order valence-electron chi connectivity index (χ0n) is 12.3. The van der Waals surface area contributed by atoms with Crippen molar-refractivity contribution in [2.45, 2.75) is 13.3 Å². The Bertz CT molecular complexity index is 769. The summed E-state index contributed by atoms with van der Waals surface area (Å²) in [5.41, 5.74) is 1.83. The van der Waals surface area contributed by atoms with Crippen LogP contribution in [-0.2, 0) is 6.42 Å². The first kappa shape index (κ1) is 14.4. The average Bonchev–Trinajstić information content (AvgIpc) is 3.14. The molecule has 0 fully saturated rings. The zero-order chi connectivity index (χ0) is 15.4. The minimum absolute atomic E-state index is 0.00113. The first-order chi connectivity index (χ1) is 10.8. The van der Waals surface area contributed by atoms with Gasteiger partial charge in [0.2, 0.25) is 5.89 Å². The van der Waals surface area contributed by atoms with Gasteiger partial charge in [-0.2, -0.15) is 0 Å². The van der Waals surface area contributed by atoms with Gasteiger partial charge in [-0.3, -0.25) is 0 Å². The molecule has 0 saturated carbocycles. The highest BCUT2D eigenvalue weighted by Gasteiger charge is 2.13. The highest BCUT2D eigenvalue weighted by Crippen LogP contribution is 2.23. The summed E-state index contributed by atoms with van der Waals surface area (Å²) in [5, 5.41) is 8.77. The lowest BCUT2D eigenvalue weighted by atomic mass is 10.2. The summed E-state index contributed by atoms with van der Waals surface area (Å²) in [7, 11) is 0. The first-order valence-corrected chi connectivity index (χ1v) is 7.14. The molecule has 3 aromatic rings. The minimum atomic E-state index is -0.00113. The molecule has 22 heavy (non-hydrogen) atoms. The van der Waals surface area contributed by atoms with Crippen molar-refractivity contribution < 1.29 is 13.9 Å². The largest absolute Gasteiger partial charge is 0.461 e. The quantitative estimate of drug-likeness (QED) is 0.777. The number of furan rings is 1. The van der Waals surface area contributed by atoms with Gasteiger partial charge in [-0.15, -0.1) is 0 Å². The molecule has 2 heterocycles. The Morgan fingerprint density at radius 2 is 1.91 bits per heavy atom. The Labute approximate surface area is 128 Å². The Kier molecular flexibility index (Phi) is 4.21. The standard InChI is InChI=1S/C18H17NO3/c1-13-17(12-16-10-9-15(22-16)8-5-11-20)19-18(21-13)14-6-3-2-4-7-14/h2-10,20H,11-12H2,1H3/b8-5+. The fraction of sp³-hybridized carbons (Fsp3) is 0.167. The van der Waals surface area contributed by atoms with E-state index in [1.54, 1.807) is 12.2 Å². The van der Waals surface area contributed by atoms with Gasteiger partial charge in [0.15, 0.2) is 0 Å². The van der Waals surface area contributed by atoms with Crippen LogP contribution in [0.5, 0.6) is 0 Å². The number of oxazole rings is 1. The molecule has 0 bridgehead atoms. The van der Waals surface area contributed by atoms with Crippen LogP contribution in [0.1, 0.15) is 23.0 Å². The second-order valence-corrected chi connectivity index (χ2v) is 4.95. The number of hydrogen-bond acceptors (Lipinski definition) is 4. The van der Waals surface area contributed by atoms with Crippen molar-refractivity contribution in [1.82, 2.24) is 4.98 Å². The van der Waals surface area contributed by atoms with Crippen LogP contribution in [0.25, 0.3) is 17.5 Å². The van der Waals surface area contributed by atoms with E-state index in [-0.39, 0.29) is 6.61 Å². The SMILES string of the molecule is Cc1oc(-c2ccccc2)nc1Cc1ccc(/C=C/CO)o1. The van der Waals surface area contributed by atoms with Gasteiger partial charge in [-0.1, -0.05) is 24.3 Å². The molecule has 2 aromatic heterocycles. The van der Waals surface area contributed by atoms with E-state index in [4.69, 9.17) is 13.9 Å². The molecule has 0 radical (unpaired) electrons. The Hall–Kier alpha value is -2.59. The van der Waals surface area contributed by atoms with Crippen LogP contribution in [0.4, 0.5) is 0 Å². The van der Waals surface area contributed by atoms with Crippen LogP contribution in [0.3, 0.4) is 0 Å². The highest BCUT2D eigenvalue weighted by molar-refractivity contribution is 5.53. The maximum atomic E-state index is 8.77. The second kappa shape index (κ2) is 6.45. The van der Waals surface area contributed by atoms with Gasteiger partial charge in [0, 0.05) is 5.56 Å². The lowest BCUT2D eigenvalue weighted by Gasteiger charge is -1.93. The third-order valence-electron chi connectivity index (χ3n) is 3.33. The molecule has 1 N–H and O–H groups in total. The summed E-state index contributed by atoms with van der Waals surface area (Å²) in [5.74, 6) is 2.95. The third kappa shape index (κ3) is 3.18. The zero-order valence-corrected chi connectivity index (χ0v) is 12.3. The summed E-state index contributed by atoms with van der Waals surface area (Å²) >= 11 is 0. The van der Waals surface area contributed by atoms with Gasteiger partial charge in [0.05, 0.1) is 18.7 Å². The summed E-state index contributed by atoms with van der Waals surface area (Å²) in [6.07, 6.45) is 3.96. The summed E-state index contributed by atoms with van der Waals surface area (Å²) < 4.78 is 11.4. The lowest BCUT2D eigenvalue weighted by Crippen LogP contribution is -1.88. The molecule has 0 unspecified atom stereocenters. The van der Waals surface area contributed by atoms with Crippen molar-refractivity contribution in [3.8, 4) is 11.5 Å². The second-order valence-electron chi connectivity index (χ2n) is 4.95. The third-order valence-corrected chi connectivity index (χ3v) is 3.33. The van der Waals surface area contributed by atoms with Crippen LogP contribution in [-0.4, -0.2) is 16.7 Å². The van der Waals surface area contributed by atoms with Crippen LogP contribution in [0.2, 0.25) is 0 Å². The van der Waals surface area contributed by atoms with Crippen LogP contribution in [0.15, 0.2) is 57.4 Å². The van der Waals surface area contributed by atoms with Crippen molar-refractivity contribution in [3.05, 3.63) is 71.5 Å². The molecule has 0 aliphatic carbocycles. The van der Waals surface area contributed by atoms with Crippen LogP contribution >= 0.6 is 0 Å². The molecule has 0 atom stereocenters. The molecule has 3 rings (SSSR count). The molecule has 112 valence electrons. The van der Waals surface area contributed by atoms with E-state index in [2.05, 4.69) is 4.98 Å². The van der Waals surface area contributed by atoms with Crippen molar-refractivity contribution in [2.75, 3.05) is 6.61 Å². The van der Waals surface area contributed by atoms with Gasteiger partial charge in [0.1, 0.15) is 17.3 Å². The molecule has 1 aromatic carbocycles. The van der Waals surface area contributed by atoms with E-state index in [1.807, 2.05) is 49.4 Å². The molecule has 4 nitrogen and oxygen atoms in total. The molecule has 0 spiro atoms. The fourth-order valence-electron chi connectivity index (χ4n) is 2.21. The van der Waals surface area contributed by atoms with Crippen molar-refractivity contribution >= 4 is 6.08 Å². The predicted molar refractivity (Wildman–Crippen MR) is 84.3 cm³/mol. The van der Waals surface area contributed by atoms with Gasteiger partial charge in [-0.25, -0.2) is 4.98 Å². The van der Waals surface area contributed by atoms with Crippen molar-refractivity contribution in [3.63, 3.8) is 0 Å². The fourth-order valence-corrected chi connectivity index (χ4v) is 2.21.